The molecule has 0 spiro atoms. The zero-order valence-electron chi connectivity index (χ0n) is 13.1. The van der Waals surface area contributed by atoms with Crippen LogP contribution in [0.15, 0.2) is 53.4 Å². The summed E-state index contributed by atoms with van der Waals surface area (Å²) in [5.74, 6) is -1.29. The van der Waals surface area contributed by atoms with Crippen LogP contribution in [-0.4, -0.2) is 25.6 Å². The molecule has 1 heterocycles. The SMILES string of the molecule is CS(=O)(=O)c1ccc(F)c(NC(=O)/C=C/c2nc3ccccc3s2)c1. The highest BCUT2D eigenvalue weighted by molar-refractivity contribution is 7.90. The number of hydrogen-bond donors (Lipinski definition) is 1. The minimum atomic E-state index is -3.49. The second kappa shape index (κ2) is 6.73. The molecule has 1 aromatic heterocycles. The normalized spacial score (nSPS) is 11.9. The first kappa shape index (κ1) is 17.2. The van der Waals surface area contributed by atoms with E-state index in [-0.39, 0.29) is 10.6 Å². The molecule has 0 aliphatic rings. The lowest BCUT2D eigenvalue weighted by molar-refractivity contribution is -0.111. The summed E-state index contributed by atoms with van der Waals surface area (Å²) in [6, 6.07) is 10.8. The van der Waals surface area contributed by atoms with Crippen molar-refractivity contribution < 1.29 is 17.6 Å². The molecule has 3 rings (SSSR count). The van der Waals surface area contributed by atoms with Crippen molar-refractivity contribution in [1.29, 1.82) is 0 Å². The van der Waals surface area contributed by atoms with E-state index in [0.717, 1.165) is 34.7 Å². The highest BCUT2D eigenvalue weighted by atomic mass is 32.2. The van der Waals surface area contributed by atoms with Crippen LogP contribution in [0.5, 0.6) is 0 Å². The van der Waals surface area contributed by atoms with Gasteiger partial charge in [-0.2, -0.15) is 0 Å². The van der Waals surface area contributed by atoms with Crippen molar-refractivity contribution in [3.05, 3.63) is 59.4 Å². The van der Waals surface area contributed by atoms with E-state index in [1.54, 1.807) is 0 Å². The number of thiazole rings is 1. The highest BCUT2D eigenvalue weighted by Crippen LogP contribution is 2.23. The molecule has 128 valence electrons. The van der Waals surface area contributed by atoms with E-state index in [9.17, 15) is 17.6 Å². The summed E-state index contributed by atoms with van der Waals surface area (Å²) in [5, 5.41) is 2.98. The van der Waals surface area contributed by atoms with E-state index in [0.29, 0.717) is 5.01 Å². The number of benzene rings is 2. The number of para-hydroxylation sites is 1. The van der Waals surface area contributed by atoms with E-state index < -0.39 is 21.6 Å². The number of halogens is 1. The Labute approximate surface area is 147 Å². The molecule has 0 radical (unpaired) electrons. The maximum Gasteiger partial charge on any atom is 0.248 e. The van der Waals surface area contributed by atoms with Crippen LogP contribution >= 0.6 is 11.3 Å². The molecule has 3 aromatic rings. The fraction of sp³-hybridized carbons (Fsp3) is 0.0588. The minimum Gasteiger partial charge on any atom is -0.320 e. The first-order valence-corrected chi connectivity index (χ1v) is 9.88. The van der Waals surface area contributed by atoms with Crippen molar-refractivity contribution in [2.45, 2.75) is 4.90 Å². The lowest BCUT2D eigenvalue weighted by atomic mass is 10.3. The Morgan fingerprint density at radius 1 is 1.24 bits per heavy atom. The molecule has 2 aromatic carbocycles. The molecule has 1 N–H and O–H groups in total. The van der Waals surface area contributed by atoms with Gasteiger partial charge in [-0.25, -0.2) is 17.8 Å². The van der Waals surface area contributed by atoms with Gasteiger partial charge in [-0.1, -0.05) is 12.1 Å². The summed E-state index contributed by atoms with van der Waals surface area (Å²) in [6.45, 7) is 0. The maximum atomic E-state index is 13.8. The second-order valence-electron chi connectivity index (χ2n) is 5.26. The monoisotopic (exact) mass is 376 g/mol. The zero-order chi connectivity index (χ0) is 18.0. The van der Waals surface area contributed by atoms with Crippen LogP contribution in [-0.2, 0) is 14.6 Å². The molecule has 25 heavy (non-hydrogen) atoms. The second-order valence-corrected chi connectivity index (χ2v) is 8.33. The van der Waals surface area contributed by atoms with Gasteiger partial charge in [-0.05, 0) is 36.4 Å². The molecule has 0 saturated carbocycles. The smallest absolute Gasteiger partial charge is 0.248 e. The first-order valence-electron chi connectivity index (χ1n) is 7.17. The highest BCUT2D eigenvalue weighted by Gasteiger charge is 2.12. The van der Waals surface area contributed by atoms with E-state index >= 15 is 0 Å². The van der Waals surface area contributed by atoms with Crippen LogP contribution in [0.25, 0.3) is 16.3 Å². The largest absolute Gasteiger partial charge is 0.320 e. The molecule has 0 unspecified atom stereocenters. The average molecular weight is 376 g/mol. The Hall–Kier alpha value is -2.58. The van der Waals surface area contributed by atoms with Crippen molar-refractivity contribution in [2.24, 2.45) is 0 Å². The van der Waals surface area contributed by atoms with Crippen molar-refractivity contribution in [3.8, 4) is 0 Å². The lowest BCUT2D eigenvalue weighted by Gasteiger charge is -2.06. The molecule has 0 aliphatic carbocycles. The number of anilines is 1. The number of carbonyl (C=O) groups is 1. The third-order valence-electron chi connectivity index (χ3n) is 3.31. The Bertz CT molecular complexity index is 1060. The minimum absolute atomic E-state index is 0.0700. The third-order valence-corrected chi connectivity index (χ3v) is 5.42. The van der Waals surface area contributed by atoms with Crippen LogP contribution < -0.4 is 5.32 Å². The maximum absolute atomic E-state index is 13.8. The van der Waals surface area contributed by atoms with Gasteiger partial charge >= 0.3 is 0 Å². The summed E-state index contributed by atoms with van der Waals surface area (Å²) < 4.78 is 37.8. The third kappa shape index (κ3) is 4.09. The Morgan fingerprint density at radius 3 is 2.72 bits per heavy atom. The molecule has 0 aliphatic heterocycles. The predicted molar refractivity (Wildman–Crippen MR) is 96.8 cm³/mol. The van der Waals surface area contributed by atoms with Gasteiger partial charge in [0.15, 0.2) is 9.84 Å². The topological polar surface area (TPSA) is 76.1 Å². The van der Waals surface area contributed by atoms with Gasteiger partial charge in [0.05, 0.1) is 20.8 Å². The van der Waals surface area contributed by atoms with E-state index in [1.807, 2.05) is 24.3 Å². The number of nitrogens with zero attached hydrogens (tertiary/aromatic N) is 1. The van der Waals surface area contributed by atoms with Crippen molar-refractivity contribution >= 4 is 49.1 Å². The van der Waals surface area contributed by atoms with Crippen molar-refractivity contribution in [2.75, 3.05) is 11.6 Å². The predicted octanol–water partition coefficient (Wildman–Crippen LogP) is 3.49. The molecule has 0 fully saturated rings. The van der Waals surface area contributed by atoms with E-state index in [2.05, 4.69) is 10.3 Å². The van der Waals surface area contributed by atoms with Crippen LogP contribution in [0.3, 0.4) is 0 Å². The summed E-state index contributed by atoms with van der Waals surface area (Å²) in [4.78, 5) is 16.3. The molecular weight excluding hydrogens is 363 g/mol. The molecular formula is C17H13FN2O3S2. The fourth-order valence-electron chi connectivity index (χ4n) is 2.11. The van der Waals surface area contributed by atoms with Gasteiger partial charge in [0.2, 0.25) is 5.91 Å². The number of rotatable bonds is 4. The molecule has 0 atom stereocenters. The Morgan fingerprint density at radius 2 is 2.00 bits per heavy atom. The first-order chi connectivity index (χ1) is 11.8. The van der Waals surface area contributed by atoms with Crippen LogP contribution in [0, 0.1) is 5.82 Å². The van der Waals surface area contributed by atoms with Gasteiger partial charge in [-0.15, -0.1) is 11.3 Å². The number of fused-ring (bicyclic) bond motifs is 1. The summed E-state index contributed by atoms with van der Waals surface area (Å²) in [5.41, 5.74) is 0.640. The Kier molecular flexibility index (Phi) is 4.65. The number of amides is 1. The number of aromatic nitrogens is 1. The quantitative estimate of drug-likeness (QED) is 0.559. The average Bonchev–Trinajstić information content (AvgIpc) is 2.97. The molecule has 0 saturated heterocycles. The molecule has 0 bridgehead atoms. The van der Waals surface area contributed by atoms with Crippen LogP contribution in [0.2, 0.25) is 0 Å². The van der Waals surface area contributed by atoms with Gasteiger partial charge in [0.25, 0.3) is 0 Å². The molecule has 8 heteroatoms. The van der Waals surface area contributed by atoms with Gasteiger partial charge in [-0.3, -0.25) is 4.79 Å². The number of sulfone groups is 1. The van der Waals surface area contributed by atoms with Crippen LogP contribution in [0.1, 0.15) is 5.01 Å². The number of carbonyl (C=O) groups excluding carboxylic acids is 1. The van der Waals surface area contributed by atoms with Gasteiger partial charge in [0, 0.05) is 12.3 Å². The lowest BCUT2D eigenvalue weighted by Crippen LogP contribution is -2.10. The number of nitrogens with one attached hydrogen (secondary N) is 1. The Balaban J connectivity index is 1.78. The van der Waals surface area contributed by atoms with Gasteiger partial charge in [0.1, 0.15) is 10.8 Å². The number of hydrogen-bond acceptors (Lipinski definition) is 5. The fourth-order valence-corrected chi connectivity index (χ4v) is 3.63. The summed E-state index contributed by atoms with van der Waals surface area (Å²) in [6.07, 6.45) is 3.77. The molecule has 1 amide bonds. The summed E-state index contributed by atoms with van der Waals surface area (Å²) in [7, 11) is -3.49. The standard InChI is InChI=1S/C17H13FN2O3S2/c1-25(22,23)11-6-7-12(18)14(10-11)19-16(21)8-9-17-20-13-4-2-3-5-15(13)24-17/h2-10H,1H3,(H,19,21)/b9-8+. The summed E-state index contributed by atoms with van der Waals surface area (Å²) >= 11 is 1.42. The van der Waals surface area contributed by atoms with Gasteiger partial charge < -0.3 is 5.32 Å². The van der Waals surface area contributed by atoms with Crippen LogP contribution in [0.4, 0.5) is 10.1 Å². The van der Waals surface area contributed by atoms with Crippen molar-refractivity contribution in [3.63, 3.8) is 0 Å². The van der Waals surface area contributed by atoms with Crippen molar-refractivity contribution in [1.82, 2.24) is 4.98 Å². The van der Waals surface area contributed by atoms with E-state index in [4.69, 9.17) is 0 Å². The zero-order valence-corrected chi connectivity index (χ0v) is 14.7. The molecule has 5 nitrogen and oxygen atoms in total. The van der Waals surface area contributed by atoms with E-state index in [1.165, 1.54) is 23.5 Å².